The van der Waals surface area contributed by atoms with E-state index in [2.05, 4.69) is 9.88 Å². The predicted molar refractivity (Wildman–Crippen MR) is 141 cm³/mol. The zero-order chi connectivity index (χ0) is 28.8. The summed E-state index contributed by atoms with van der Waals surface area (Å²) in [6.07, 6.45) is 0.438. The summed E-state index contributed by atoms with van der Waals surface area (Å²) in [6, 6.07) is 5.74. The fourth-order valence-corrected chi connectivity index (χ4v) is 8.16. The molecule has 2 aromatic rings. The molecule has 2 aliphatic heterocycles. The van der Waals surface area contributed by atoms with E-state index in [0.29, 0.717) is 31.6 Å². The molecule has 39 heavy (non-hydrogen) atoms. The summed E-state index contributed by atoms with van der Waals surface area (Å²) in [5.74, 6) is -1.15. The van der Waals surface area contributed by atoms with E-state index < -0.39 is 43.5 Å². The van der Waals surface area contributed by atoms with Crippen molar-refractivity contribution in [1.29, 1.82) is 0 Å². The normalized spacial score (nSPS) is 17.9. The van der Waals surface area contributed by atoms with Crippen molar-refractivity contribution in [2.24, 2.45) is 0 Å². The van der Waals surface area contributed by atoms with Crippen molar-refractivity contribution in [3.63, 3.8) is 0 Å². The first-order chi connectivity index (χ1) is 18.1. The van der Waals surface area contributed by atoms with Gasteiger partial charge >= 0.3 is 6.18 Å². The molecule has 0 spiro atoms. The summed E-state index contributed by atoms with van der Waals surface area (Å²) in [6.45, 7) is 4.50. The van der Waals surface area contributed by atoms with Crippen LogP contribution in [0.15, 0.2) is 30.3 Å². The Labute approximate surface area is 226 Å². The van der Waals surface area contributed by atoms with Crippen molar-refractivity contribution in [3.8, 4) is 11.1 Å². The minimum Gasteiger partial charge on any atom is -0.337 e. The first-order valence-electron chi connectivity index (χ1n) is 12.5. The molecule has 2 saturated heterocycles. The summed E-state index contributed by atoms with van der Waals surface area (Å²) < 4.78 is 90.9. The lowest BCUT2D eigenvalue weighted by Crippen LogP contribution is -2.46. The van der Waals surface area contributed by atoms with Gasteiger partial charge in [0.25, 0.3) is 5.91 Å². The zero-order valence-corrected chi connectivity index (χ0v) is 23.5. The maximum atomic E-state index is 13.5. The van der Waals surface area contributed by atoms with Gasteiger partial charge in [0, 0.05) is 24.7 Å². The van der Waals surface area contributed by atoms with Crippen LogP contribution in [0.2, 0.25) is 0 Å². The number of likely N-dealkylation sites (tertiary alicyclic amines) is 2. The van der Waals surface area contributed by atoms with Crippen LogP contribution < -0.4 is 3.71 Å². The molecule has 0 atom stereocenters. The second-order valence-electron chi connectivity index (χ2n) is 10.1. The Morgan fingerprint density at radius 1 is 0.974 bits per heavy atom. The zero-order valence-electron chi connectivity index (χ0n) is 21.9. The van der Waals surface area contributed by atoms with Gasteiger partial charge in [0.1, 0.15) is 5.69 Å². The Morgan fingerprint density at radius 2 is 1.56 bits per heavy atom. The van der Waals surface area contributed by atoms with Crippen LogP contribution in [0.1, 0.15) is 47.3 Å². The molecule has 14 heteroatoms. The van der Waals surface area contributed by atoms with E-state index >= 15 is 0 Å². The SMILES string of the molecule is Cc1cc(-c2cccc(C(F)(F)F)c2)c(N(S(C)(=O)=O)S(C)(=O)=O)nc1C(=O)N1CCC(N2CCCC2)CC1. The highest BCUT2D eigenvalue weighted by molar-refractivity contribution is 8.09. The van der Waals surface area contributed by atoms with Gasteiger partial charge in [-0.25, -0.2) is 21.8 Å². The van der Waals surface area contributed by atoms with E-state index in [9.17, 15) is 34.8 Å². The van der Waals surface area contributed by atoms with Crippen molar-refractivity contribution in [2.45, 2.75) is 44.8 Å². The lowest BCUT2D eigenvalue weighted by Gasteiger charge is -2.36. The maximum Gasteiger partial charge on any atom is 0.416 e. The summed E-state index contributed by atoms with van der Waals surface area (Å²) >= 11 is 0. The number of hydrogen-bond donors (Lipinski definition) is 0. The van der Waals surface area contributed by atoms with Crippen molar-refractivity contribution >= 4 is 31.8 Å². The van der Waals surface area contributed by atoms with Crippen LogP contribution in [0.3, 0.4) is 0 Å². The van der Waals surface area contributed by atoms with Crippen molar-refractivity contribution in [3.05, 3.63) is 47.2 Å². The van der Waals surface area contributed by atoms with Crippen LogP contribution in [-0.2, 0) is 26.2 Å². The molecule has 0 unspecified atom stereocenters. The number of sulfonamides is 2. The first kappa shape index (κ1) is 29.3. The molecule has 0 aliphatic carbocycles. The van der Waals surface area contributed by atoms with Crippen LogP contribution in [0.25, 0.3) is 11.1 Å². The molecule has 0 radical (unpaired) electrons. The largest absolute Gasteiger partial charge is 0.416 e. The molecule has 4 rings (SSSR count). The summed E-state index contributed by atoms with van der Waals surface area (Å²) in [7, 11) is -9.02. The van der Waals surface area contributed by atoms with Gasteiger partial charge in [0.05, 0.1) is 18.1 Å². The van der Waals surface area contributed by atoms with Gasteiger partial charge in [-0.2, -0.15) is 13.2 Å². The van der Waals surface area contributed by atoms with Crippen LogP contribution in [0.5, 0.6) is 0 Å². The van der Waals surface area contributed by atoms with Crippen LogP contribution >= 0.6 is 0 Å². The topological polar surface area (TPSA) is 108 Å². The Kier molecular flexibility index (Phi) is 8.03. The molecule has 214 valence electrons. The Balaban J connectivity index is 1.79. The highest BCUT2D eigenvalue weighted by Gasteiger charge is 2.36. The maximum absolute atomic E-state index is 13.5. The van der Waals surface area contributed by atoms with E-state index in [1.807, 2.05) is 0 Å². The van der Waals surface area contributed by atoms with E-state index in [1.165, 1.54) is 19.1 Å². The van der Waals surface area contributed by atoms with E-state index in [1.54, 1.807) is 4.90 Å². The number of amides is 1. The van der Waals surface area contributed by atoms with Gasteiger partial charge < -0.3 is 9.80 Å². The smallest absolute Gasteiger partial charge is 0.337 e. The summed E-state index contributed by atoms with van der Waals surface area (Å²) in [5, 5.41) is 0. The van der Waals surface area contributed by atoms with Gasteiger partial charge in [-0.3, -0.25) is 4.79 Å². The lowest BCUT2D eigenvalue weighted by molar-refractivity contribution is -0.137. The average Bonchev–Trinajstić information content (AvgIpc) is 3.37. The van der Waals surface area contributed by atoms with Gasteiger partial charge in [-0.1, -0.05) is 12.1 Å². The molecule has 0 N–H and O–H groups in total. The van der Waals surface area contributed by atoms with Gasteiger partial charge in [-0.05, 0) is 75.0 Å². The molecule has 0 saturated carbocycles. The van der Waals surface area contributed by atoms with Gasteiger partial charge in [0.2, 0.25) is 20.0 Å². The van der Waals surface area contributed by atoms with Crippen molar-refractivity contribution in [2.75, 3.05) is 42.4 Å². The number of alkyl halides is 3. The molecule has 1 aromatic heterocycles. The monoisotopic (exact) mass is 588 g/mol. The second-order valence-corrected chi connectivity index (χ2v) is 14.0. The third kappa shape index (κ3) is 6.38. The number of piperidine rings is 1. The number of carbonyl (C=O) groups excluding carboxylic acids is 1. The number of aryl methyl sites for hydroxylation is 1. The fraction of sp³-hybridized carbons (Fsp3) is 0.520. The molecule has 1 aromatic carbocycles. The van der Waals surface area contributed by atoms with Crippen LogP contribution in [0, 0.1) is 6.92 Å². The standard InChI is InChI=1S/C25H31F3N4O5S2/c1-17-15-21(18-7-6-8-19(16-18)25(26,27)28)23(32(38(2,34)35)39(3,36)37)29-22(17)24(33)31-13-9-20(10-14-31)30-11-4-5-12-30/h6-8,15-16,20H,4-5,9-14H2,1-3H3. The average molecular weight is 589 g/mol. The first-order valence-corrected chi connectivity index (χ1v) is 16.2. The summed E-state index contributed by atoms with van der Waals surface area (Å²) in [4.78, 5) is 21.8. The minimum atomic E-state index is -4.69. The minimum absolute atomic E-state index is 0.0609. The van der Waals surface area contributed by atoms with E-state index in [0.717, 1.165) is 57.0 Å². The summed E-state index contributed by atoms with van der Waals surface area (Å²) in [5.41, 5.74) is -1.15. The molecule has 0 bridgehead atoms. The predicted octanol–water partition coefficient (Wildman–Crippen LogP) is 3.50. The molecule has 2 fully saturated rings. The van der Waals surface area contributed by atoms with E-state index in [4.69, 9.17) is 0 Å². The highest BCUT2D eigenvalue weighted by Crippen LogP contribution is 2.37. The van der Waals surface area contributed by atoms with Crippen molar-refractivity contribution < 1.29 is 34.8 Å². The highest BCUT2D eigenvalue weighted by atomic mass is 32.3. The number of halogens is 3. The molecular formula is C25H31F3N4O5S2. The third-order valence-corrected chi connectivity index (χ3v) is 10.3. The molecule has 1 amide bonds. The second kappa shape index (κ2) is 10.7. The molecule has 3 heterocycles. The third-order valence-electron chi connectivity index (χ3n) is 7.08. The number of rotatable bonds is 6. The fourth-order valence-electron chi connectivity index (χ4n) is 5.29. The number of benzene rings is 1. The van der Waals surface area contributed by atoms with E-state index in [-0.39, 0.29) is 26.1 Å². The molecule has 9 nitrogen and oxygen atoms in total. The van der Waals surface area contributed by atoms with Gasteiger partial charge in [-0.15, -0.1) is 3.71 Å². The van der Waals surface area contributed by atoms with Crippen LogP contribution in [0.4, 0.5) is 19.0 Å². The number of carbonyl (C=O) groups is 1. The Morgan fingerprint density at radius 3 is 2.10 bits per heavy atom. The number of nitrogens with zero attached hydrogens (tertiary/aromatic N) is 4. The van der Waals surface area contributed by atoms with Crippen LogP contribution in [-0.4, -0.2) is 82.3 Å². The van der Waals surface area contributed by atoms with Gasteiger partial charge in [0.15, 0.2) is 5.82 Å². The molecular weight excluding hydrogens is 557 g/mol. The quantitative estimate of drug-likeness (QED) is 0.508. The lowest BCUT2D eigenvalue weighted by atomic mass is 10.00. The molecule has 2 aliphatic rings. The number of pyridine rings is 1. The Bertz CT molecular complexity index is 1430. The van der Waals surface area contributed by atoms with Crippen molar-refractivity contribution in [1.82, 2.24) is 14.8 Å². The number of hydrogen-bond acceptors (Lipinski definition) is 7. The number of aromatic nitrogens is 1. The Hall–Kier alpha value is -2.71. The number of anilines is 1.